The molecule has 3 atom stereocenters. The van der Waals surface area contributed by atoms with Gasteiger partial charge >= 0.3 is 0 Å². The van der Waals surface area contributed by atoms with Crippen LogP contribution < -0.4 is 0 Å². The van der Waals surface area contributed by atoms with Gasteiger partial charge in [-0.2, -0.15) is 0 Å². The Morgan fingerprint density at radius 1 is 1.14 bits per heavy atom. The van der Waals surface area contributed by atoms with Crippen LogP contribution in [0.1, 0.15) is 58.3 Å². The Morgan fingerprint density at radius 3 is 2.79 bits per heavy atom. The van der Waals surface area contributed by atoms with Crippen molar-refractivity contribution in [2.45, 2.75) is 58.3 Å². The Labute approximate surface area is 86.3 Å². The Morgan fingerprint density at radius 2 is 1.93 bits per heavy atom. The molecule has 3 saturated carbocycles. The van der Waals surface area contributed by atoms with E-state index in [4.69, 9.17) is 0 Å². The van der Waals surface area contributed by atoms with Gasteiger partial charge in [-0.1, -0.05) is 19.8 Å². The standard InChI is InChI=1S/C13H20O/c1-12-6-2-3-7-13(12)9-5-11(14)10(13)4-8-12/h10H,2-9H2,1H3/t10-,12+,13+/m0/s1. The number of carbonyl (C=O) groups excluding carboxylic acids is 1. The molecule has 1 heteroatoms. The van der Waals surface area contributed by atoms with Gasteiger partial charge in [-0.3, -0.25) is 4.79 Å². The molecule has 0 heterocycles. The third-order valence-electron chi connectivity index (χ3n) is 5.66. The molecule has 1 nitrogen and oxygen atoms in total. The molecule has 3 rings (SSSR count). The molecule has 3 aliphatic rings. The van der Waals surface area contributed by atoms with Gasteiger partial charge in [0.25, 0.3) is 0 Å². The Balaban J connectivity index is 2.03. The van der Waals surface area contributed by atoms with Gasteiger partial charge < -0.3 is 0 Å². The fraction of sp³-hybridized carbons (Fsp3) is 0.923. The van der Waals surface area contributed by atoms with E-state index in [1.807, 2.05) is 0 Å². The molecule has 0 aromatic heterocycles. The van der Waals surface area contributed by atoms with Crippen LogP contribution in [0.4, 0.5) is 0 Å². The van der Waals surface area contributed by atoms with Gasteiger partial charge in [-0.15, -0.1) is 0 Å². The second-order valence-electron chi connectivity index (χ2n) is 5.98. The van der Waals surface area contributed by atoms with Crippen LogP contribution in [-0.2, 0) is 4.79 Å². The molecule has 0 aromatic carbocycles. The molecule has 0 aliphatic heterocycles. The summed E-state index contributed by atoms with van der Waals surface area (Å²) in [5.74, 6) is 1.06. The molecule has 0 N–H and O–H groups in total. The van der Waals surface area contributed by atoms with E-state index in [0.29, 0.717) is 22.5 Å². The van der Waals surface area contributed by atoms with Crippen molar-refractivity contribution in [3.8, 4) is 0 Å². The molecular formula is C13H20O. The molecule has 78 valence electrons. The lowest BCUT2D eigenvalue weighted by molar-refractivity contribution is -0.123. The Bertz CT molecular complexity index is 283. The van der Waals surface area contributed by atoms with Gasteiger partial charge in [0.2, 0.25) is 0 Å². The molecule has 0 aromatic rings. The lowest BCUT2D eigenvalue weighted by Crippen LogP contribution is -2.40. The summed E-state index contributed by atoms with van der Waals surface area (Å²) in [4.78, 5) is 11.8. The number of Topliss-reactive ketones (excluding diaryl/α,β-unsaturated/α-hetero) is 1. The van der Waals surface area contributed by atoms with Gasteiger partial charge in [-0.05, 0) is 42.9 Å². The summed E-state index contributed by atoms with van der Waals surface area (Å²) >= 11 is 0. The summed E-state index contributed by atoms with van der Waals surface area (Å²) in [7, 11) is 0. The molecule has 0 amide bonds. The van der Waals surface area contributed by atoms with Crippen LogP contribution in [0.25, 0.3) is 0 Å². The smallest absolute Gasteiger partial charge is 0.136 e. The number of ketones is 1. The highest BCUT2D eigenvalue weighted by Gasteiger charge is 2.62. The lowest BCUT2D eigenvalue weighted by atomic mass is 9.57. The molecule has 0 radical (unpaired) electrons. The first-order valence-electron chi connectivity index (χ1n) is 6.21. The minimum absolute atomic E-state index is 0.461. The van der Waals surface area contributed by atoms with E-state index in [1.165, 1.54) is 44.9 Å². The van der Waals surface area contributed by atoms with Crippen LogP contribution >= 0.6 is 0 Å². The maximum atomic E-state index is 11.8. The first-order valence-corrected chi connectivity index (χ1v) is 6.21. The second-order valence-corrected chi connectivity index (χ2v) is 5.98. The molecule has 0 unspecified atom stereocenters. The van der Waals surface area contributed by atoms with Crippen LogP contribution in [0.3, 0.4) is 0 Å². The molecule has 3 aliphatic carbocycles. The minimum Gasteiger partial charge on any atom is -0.299 e. The van der Waals surface area contributed by atoms with E-state index in [9.17, 15) is 4.79 Å². The average molecular weight is 192 g/mol. The van der Waals surface area contributed by atoms with Gasteiger partial charge in [-0.25, -0.2) is 0 Å². The van der Waals surface area contributed by atoms with Gasteiger partial charge in [0, 0.05) is 12.3 Å². The largest absolute Gasteiger partial charge is 0.299 e. The van der Waals surface area contributed by atoms with E-state index in [1.54, 1.807) is 0 Å². The zero-order valence-electron chi connectivity index (χ0n) is 9.14. The van der Waals surface area contributed by atoms with E-state index in [-0.39, 0.29) is 0 Å². The van der Waals surface area contributed by atoms with E-state index in [0.717, 1.165) is 6.42 Å². The number of hydrogen-bond donors (Lipinski definition) is 0. The molecule has 1 spiro atoms. The monoisotopic (exact) mass is 192 g/mol. The third-order valence-corrected chi connectivity index (χ3v) is 5.66. The number of hydrogen-bond acceptors (Lipinski definition) is 1. The number of carbonyl (C=O) groups is 1. The maximum Gasteiger partial charge on any atom is 0.136 e. The zero-order valence-corrected chi connectivity index (χ0v) is 9.14. The van der Waals surface area contributed by atoms with Crippen molar-refractivity contribution in [3.05, 3.63) is 0 Å². The third kappa shape index (κ3) is 0.844. The molecule has 0 saturated heterocycles. The highest BCUT2D eigenvalue weighted by Crippen LogP contribution is 2.68. The second kappa shape index (κ2) is 2.62. The minimum atomic E-state index is 0.461. The first kappa shape index (κ1) is 8.94. The predicted molar refractivity (Wildman–Crippen MR) is 56.0 cm³/mol. The topological polar surface area (TPSA) is 17.1 Å². The highest BCUT2D eigenvalue weighted by molar-refractivity contribution is 5.85. The van der Waals surface area contributed by atoms with Crippen LogP contribution in [0, 0.1) is 16.7 Å². The average Bonchev–Trinajstić information content (AvgIpc) is 2.63. The van der Waals surface area contributed by atoms with Crippen molar-refractivity contribution in [1.82, 2.24) is 0 Å². The summed E-state index contributed by atoms with van der Waals surface area (Å²) in [6.45, 7) is 2.46. The summed E-state index contributed by atoms with van der Waals surface area (Å²) in [5.41, 5.74) is 0.990. The number of rotatable bonds is 0. The Hall–Kier alpha value is -0.330. The molecular weight excluding hydrogens is 172 g/mol. The quantitative estimate of drug-likeness (QED) is 0.575. The van der Waals surface area contributed by atoms with Crippen LogP contribution in [-0.4, -0.2) is 5.78 Å². The summed E-state index contributed by atoms with van der Waals surface area (Å²) < 4.78 is 0. The van der Waals surface area contributed by atoms with E-state index >= 15 is 0 Å². The summed E-state index contributed by atoms with van der Waals surface area (Å²) in [6.07, 6.45) is 10.1. The van der Waals surface area contributed by atoms with E-state index < -0.39 is 0 Å². The summed E-state index contributed by atoms with van der Waals surface area (Å²) in [5, 5.41) is 0. The summed E-state index contributed by atoms with van der Waals surface area (Å²) in [6, 6.07) is 0. The fourth-order valence-electron chi connectivity index (χ4n) is 4.80. The van der Waals surface area contributed by atoms with Crippen molar-refractivity contribution in [2.24, 2.45) is 16.7 Å². The normalized spacial score (nSPS) is 51.8. The maximum absolute atomic E-state index is 11.8. The predicted octanol–water partition coefficient (Wildman–Crippen LogP) is 3.33. The van der Waals surface area contributed by atoms with Crippen molar-refractivity contribution >= 4 is 5.78 Å². The van der Waals surface area contributed by atoms with Crippen LogP contribution in [0.5, 0.6) is 0 Å². The first-order chi connectivity index (χ1) is 6.68. The van der Waals surface area contributed by atoms with Gasteiger partial charge in [0.05, 0.1) is 0 Å². The van der Waals surface area contributed by atoms with E-state index in [2.05, 4.69) is 6.92 Å². The fourth-order valence-corrected chi connectivity index (χ4v) is 4.80. The molecule has 14 heavy (non-hydrogen) atoms. The van der Waals surface area contributed by atoms with Crippen molar-refractivity contribution in [1.29, 1.82) is 0 Å². The van der Waals surface area contributed by atoms with Crippen LogP contribution in [0.2, 0.25) is 0 Å². The molecule has 3 fully saturated rings. The molecule has 0 bridgehead atoms. The zero-order chi connectivity index (χ0) is 9.81. The van der Waals surface area contributed by atoms with Gasteiger partial charge in [0.1, 0.15) is 5.78 Å². The van der Waals surface area contributed by atoms with Crippen molar-refractivity contribution in [2.75, 3.05) is 0 Å². The van der Waals surface area contributed by atoms with Crippen molar-refractivity contribution < 1.29 is 4.79 Å². The van der Waals surface area contributed by atoms with Crippen LogP contribution in [0.15, 0.2) is 0 Å². The van der Waals surface area contributed by atoms with Crippen molar-refractivity contribution in [3.63, 3.8) is 0 Å². The lowest BCUT2D eigenvalue weighted by Gasteiger charge is -2.47. The SMILES string of the molecule is C[C@]12CCCC[C@]13CCC(=O)[C@@H]3CC2. The van der Waals surface area contributed by atoms with Gasteiger partial charge in [0.15, 0.2) is 0 Å². The Kier molecular flexibility index (Phi) is 1.67. The highest BCUT2D eigenvalue weighted by atomic mass is 16.1.